The van der Waals surface area contributed by atoms with Crippen molar-refractivity contribution in [2.75, 3.05) is 11.4 Å². The van der Waals surface area contributed by atoms with E-state index in [0.717, 1.165) is 30.6 Å². The van der Waals surface area contributed by atoms with Gasteiger partial charge in [-0.2, -0.15) is 0 Å². The Balaban J connectivity index is 2.35. The molecule has 0 N–H and O–H groups in total. The highest BCUT2D eigenvalue weighted by atomic mass is 16.6. The number of carbonyl (C=O) groups excluding carboxylic acids is 1. The molecule has 1 heterocycles. The zero-order valence-corrected chi connectivity index (χ0v) is 12.8. The third-order valence-corrected chi connectivity index (χ3v) is 3.86. The summed E-state index contributed by atoms with van der Waals surface area (Å²) in [6.45, 7) is 6.77. The third-order valence-electron chi connectivity index (χ3n) is 3.86. The Morgan fingerprint density at radius 1 is 1.48 bits per heavy atom. The van der Waals surface area contributed by atoms with Gasteiger partial charge in [0.15, 0.2) is 0 Å². The fourth-order valence-corrected chi connectivity index (χ4v) is 3.03. The van der Waals surface area contributed by atoms with Crippen LogP contribution in [0.2, 0.25) is 0 Å². The lowest BCUT2D eigenvalue weighted by Gasteiger charge is -2.39. The summed E-state index contributed by atoms with van der Waals surface area (Å²) < 4.78 is 0. The minimum absolute atomic E-state index is 0.142. The molecule has 2 rings (SSSR count). The minimum Gasteiger partial charge on any atom is -0.368 e. The average molecular weight is 290 g/mol. The number of hydrogen-bond donors (Lipinski definition) is 0. The lowest BCUT2D eigenvalue weighted by molar-refractivity contribution is -0.384. The summed E-state index contributed by atoms with van der Waals surface area (Å²) in [5.41, 5.74) is 2.21. The van der Waals surface area contributed by atoms with Crippen molar-refractivity contribution >= 4 is 17.2 Å². The van der Waals surface area contributed by atoms with E-state index in [4.69, 9.17) is 0 Å². The van der Waals surface area contributed by atoms with E-state index in [2.05, 4.69) is 18.7 Å². The van der Waals surface area contributed by atoms with Crippen molar-refractivity contribution in [1.29, 1.82) is 0 Å². The number of carbonyl (C=O) groups is 1. The van der Waals surface area contributed by atoms with Crippen LogP contribution in [0.25, 0.3) is 0 Å². The summed E-state index contributed by atoms with van der Waals surface area (Å²) in [4.78, 5) is 24.3. The van der Waals surface area contributed by atoms with Crippen LogP contribution in [0.1, 0.15) is 39.2 Å². The topological polar surface area (TPSA) is 63.4 Å². The highest BCUT2D eigenvalue weighted by Crippen LogP contribution is 2.35. The molecule has 1 aliphatic rings. The van der Waals surface area contributed by atoms with E-state index in [-0.39, 0.29) is 22.4 Å². The monoisotopic (exact) mass is 290 g/mol. The average Bonchev–Trinajstić information content (AvgIpc) is 2.39. The van der Waals surface area contributed by atoms with E-state index >= 15 is 0 Å². The van der Waals surface area contributed by atoms with E-state index < -0.39 is 0 Å². The molecule has 0 saturated carbocycles. The molecule has 0 saturated heterocycles. The Labute approximate surface area is 125 Å². The second kappa shape index (κ2) is 6.24. The van der Waals surface area contributed by atoms with Gasteiger partial charge in [-0.3, -0.25) is 14.9 Å². The quantitative estimate of drug-likeness (QED) is 0.616. The van der Waals surface area contributed by atoms with Crippen LogP contribution >= 0.6 is 0 Å². The molecule has 114 valence electrons. The molecule has 1 atom stereocenters. The second-order valence-corrected chi connectivity index (χ2v) is 6.21. The molecule has 0 fully saturated rings. The van der Waals surface area contributed by atoms with Gasteiger partial charge in [-0.25, -0.2) is 0 Å². The number of Topliss-reactive ketones (excluding diaryl/α,β-unsaturated/α-hetero) is 1. The van der Waals surface area contributed by atoms with Gasteiger partial charge >= 0.3 is 0 Å². The lowest BCUT2D eigenvalue weighted by atomic mass is 9.91. The maximum absolute atomic E-state index is 11.5. The zero-order chi connectivity index (χ0) is 15.6. The molecule has 1 aromatic carbocycles. The van der Waals surface area contributed by atoms with Crippen molar-refractivity contribution in [1.82, 2.24) is 0 Å². The number of ketones is 1. The largest absolute Gasteiger partial charge is 0.368 e. The van der Waals surface area contributed by atoms with E-state index in [1.54, 1.807) is 19.1 Å². The molecule has 0 amide bonds. The molecule has 0 spiro atoms. The molecule has 0 radical (unpaired) electrons. The first-order chi connectivity index (χ1) is 9.88. The number of aryl methyl sites for hydroxylation is 1. The summed E-state index contributed by atoms with van der Waals surface area (Å²) in [5, 5.41) is 10.9. The van der Waals surface area contributed by atoms with Crippen LogP contribution in [0.3, 0.4) is 0 Å². The van der Waals surface area contributed by atoms with Crippen molar-refractivity contribution in [3.05, 3.63) is 33.9 Å². The molecule has 5 heteroatoms. The van der Waals surface area contributed by atoms with Crippen molar-refractivity contribution in [3.8, 4) is 0 Å². The number of anilines is 1. The van der Waals surface area contributed by atoms with Gasteiger partial charge in [0.1, 0.15) is 5.78 Å². The van der Waals surface area contributed by atoms with Crippen LogP contribution in [0.4, 0.5) is 11.4 Å². The zero-order valence-electron chi connectivity index (χ0n) is 12.8. The molecular weight excluding hydrogens is 268 g/mol. The predicted molar refractivity (Wildman–Crippen MR) is 82.7 cm³/mol. The highest BCUT2D eigenvalue weighted by Gasteiger charge is 2.28. The number of nitro groups is 1. The number of nitrogens with zero attached hydrogens (tertiary/aromatic N) is 2. The lowest BCUT2D eigenvalue weighted by Crippen LogP contribution is -2.42. The van der Waals surface area contributed by atoms with Crippen LogP contribution in [0.5, 0.6) is 0 Å². The standard InChI is InChI=1S/C16H22N2O3/c1-11(2)10-17-14(8-12(3)19)5-4-13-9-15(18(20)21)6-7-16(13)17/h6-7,9,11,14H,4-5,8,10H2,1-3H3/t14-/m1/s1. The molecule has 5 nitrogen and oxygen atoms in total. The fraction of sp³-hybridized carbons (Fsp3) is 0.562. The van der Waals surface area contributed by atoms with Gasteiger partial charge in [-0.1, -0.05) is 13.8 Å². The highest BCUT2D eigenvalue weighted by molar-refractivity contribution is 5.77. The molecule has 1 aliphatic heterocycles. The first-order valence-corrected chi connectivity index (χ1v) is 7.42. The van der Waals surface area contributed by atoms with Crippen molar-refractivity contribution in [2.24, 2.45) is 5.92 Å². The Kier molecular flexibility index (Phi) is 4.60. The van der Waals surface area contributed by atoms with Gasteiger partial charge in [0, 0.05) is 36.8 Å². The van der Waals surface area contributed by atoms with Crippen molar-refractivity contribution in [2.45, 2.75) is 46.1 Å². The van der Waals surface area contributed by atoms with Crippen LogP contribution in [0.15, 0.2) is 18.2 Å². The number of nitro benzene ring substituents is 1. The Bertz CT molecular complexity index is 554. The number of benzene rings is 1. The van der Waals surface area contributed by atoms with Crippen LogP contribution < -0.4 is 4.90 Å². The summed E-state index contributed by atoms with van der Waals surface area (Å²) in [7, 11) is 0. The van der Waals surface area contributed by atoms with Gasteiger partial charge in [0.2, 0.25) is 0 Å². The Morgan fingerprint density at radius 3 is 2.76 bits per heavy atom. The molecule has 0 aromatic heterocycles. The SMILES string of the molecule is CC(=O)C[C@H]1CCc2cc([N+](=O)[O-])ccc2N1CC(C)C. The van der Waals surface area contributed by atoms with Crippen LogP contribution in [-0.4, -0.2) is 23.3 Å². The van der Waals surface area contributed by atoms with E-state index in [9.17, 15) is 14.9 Å². The van der Waals surface area contributed by atoms with Crippen molar-refractivity contribution < 1.29 is 9.72 Å². The van der Waals surface area contributed by atoms with Gasteiger partial charge in [-0.05, 0) is 37.3 Å². The van der Waals surface area contributed by atoms with E-state index in [1.165, 1.54) is 0 Å². The van der Waals surface area contributed by atoms with Gasteiger partial charge in [0.05, 0.1) is 4.92 Å². The van der Waals surface area contributed by atoms with E-state index in [1.807, 2.05) is 6.07 Å². The second-order valence-electron chi connectivity index (χ2n) is 6.21. The number of hydrogen-bond acceptors (Lipinski definition) is 4. The van der Waals surface area contributed by atoms with Crippen LogP contribution in [0, 0.1) is 16.0 Å². The minimum atomic E-state index is -0.352. The van der Waals surface area contributed by atoms with Gasteiger partial charge in [0.25, 0.3) is 5.69 Å². The molecule has 0 aliphatic carbocycles. The normalized spacial score (nSPS) is 17.7. The number of rotatable bonds is 5. The molecule has 0 bridgehead atoms. The van der Waals surface area contributed by atoms with Crippen molar-refractivity contribution in [3.63, 3.8) is 0 Å². The Morgan fingerprint density at radius 2 is 2.19 bits per heavy atom. The molecular formula is C16H22N2O3. The Hall–Kier alpha value is -1.91. The molecule has 0 unspecified atom stereocenters. The summed E-state index contributed by atoms with van der Waals surface area (Å²) >= 11 is 0. The van der Waals surface area contributed by atoms with Gasteiger partial charge in [-0.15, -0.1) is 0 Å². The maximum atomic E-state index is 11.5. The summed E-state index contributed by atoms with van der Waals surface area (Å²) in [6.07, 6.45) is 2.22. The number of fused-ring (bicyclic) bond motifs is 1. The first-order valence-electron chi connectivity index (χ1n) is 7.42. The summed E-state index contributed by atoms with van der Waals surface area (Å²) in [6, 6.07) is 5.27. The van der Waals surface area contributed by atoms with E-state index in [0.29, 0.717) is 12.3 Å². The fourth-order valence-electron chi connectivity index (χ4n) is 3.03. The smallest absolute Gasteiger partial charge is 0.269 e. The maximum Gasteiger partial charge on any atom is 0.269 e. The molecule has 21 heavy (non-hydrogen) atoms. The first kappa shape index (κ1) is 15.5. The third kappa shape index (κ3) is 3.60. The number of non-ortho nitro benzene ring substituents is 1. The predicted octanol–water partition coefficient (Wildman–Crippen LogP) is 3.35. The van der Waals surface area contributed by atoms with Gasteiger partial charge < -0.3 is 4.90 Å². The summed E-state index contributed by atoms with van der Waals surface area (Å²) in [5.74, 6) is 0.666. The molecule has 1 aromatic rings. The van der Waals surface area contributed by atoms with Crippen LogP contribution in [-0.2, 0) is 11.2 Å².